The summed E-state index contributed by atoms with van der Waals surface area (Å²) in [6.45, 7) is 5.25. The van der Waals surface area contributed by atoms with Gasteiger partial charge in [-0.15, -0.1) is 0 Å². The van der Waals surface area contributed by atoms with Crippen LogP contribution in [0.2, 0.25) is 0 Å². The number of methoxy groups -OCH3 is 1. The Kier molecular flexibility index (Phi) is 13.4. The van der Waals surface area contributed by atoms with Crippen molar-refractivity contribution >= 4 is 16.6 Å². The van der Waals surface area contributed by atoms with Crippen molar-refractivity contribution in [1.82, 2.24) is 0 Å². The molecule has 0 saturated carbocycles. The minimum absolute atomic E-state index is 0.0976. The molecule has 0 spiro atoms. The highest BCUT2D eigenvalue weighted by Gasteiger charge is 2.19. The van der Waals surface area contributed by atoms with Gasteiger partial charge in [-0.3, -0.25) is 4.79 Å². The topological polar surface area (TPSA) is 35.5 Å². The highest BCUT2D eigenvalue weighted by Crippen LogP contribution is 2.23. The fraction of sp³-hybridized carbons (Fsp3) is 0.514. The first kappa shape index (κ1) is 29.9. The van der Waals surface area contributed by atoms with Crippen molar-refractivity contribution in [3.05, 3.63) is 77.4 Å². The monoisotopic (exact) mass is 516 g/mol. The van der Waals surface area contributed by atoms with Crippen LogP contribution in [0.15, 0.2) is 60.7 Å². The van der Waals surface area contributed by atoms with E-state index >= 15 is 0 Å². The highest BCUT2D eigenvalue weighted by molar-refractivity contribution is 5.99. The Balaban J connectivity index is 1.47. The lowest BCUT2D eigenvalue weighted by atomic mass is 9.97. The quantitative estimate of drug-likeness (QED) is 0.118. The van der Waals surface area contributed by atoms with E-state index < -0.39 is 0 Å². The van der Waals surface area contributed by atoms with Crippen LogP contribution in [0.5, 0.6) is 5.75 Å². The van der Waals surface area contributed by atoms with Crippen LogP contribution in [-0.4, -0.2) is 25.6 Å². The highest BCUT2D eigenvalue weighted by atomic mass is 16.5. The van der Waals surface area contributed by atoms with Crippen LogP contribution in [0.4, 0.5) is 0 Å². The molecular formula is C35H48O3. The molecule has 0 aliphatic rings. The maximum atomic E-state index is 12.9. The number of carbonyl (C=O) groups excluding carboxylic acids is 1. The second kappa shape index (κ2) is 17.0. The van der Waals surface area contributed by atoms with Crippen LogP contribution in [0.25, 0.3) is 10.8 Å². The van der Waals surface area contributed by atoms with Gasteiger partial charge in [0.25, 0.3) is 0 Å². The number of ketones is 1. The van der Waals surface area contributed by atoms with E-state index in [1.165, 1.54) is 66.8 Å². The van der Waals surface area contributed by atoms with Crippen LogP contribution in [0.3, 0.4) is 0 Å². The smallest absolute Gasteiger partial charge is 0.191 e. The van der Waals surface area contributed by atoms with Gasteiger partial charge in [0.05, 0.1) is 6.61 Å². The van der Waals surface area contributed by atoms with Gasteiger partial charge < -0.3 is 9.47 Å². The van der Waals surface area contributed by atoms with Gasteiger partial charge in [-0.05, 0) is 59.7 Å². The summed E-state index contributed by atoms with van der Waals surface area (Å²) in [6, 6.07) is 21.2. The van der Waals surface area contributed by atoms with E-state index in [0.29, 0.717) is 0 Å². The SMILES string of the molecule is CCCCCCCCOc1ccc2cc(CCc3ccc(C(=O)[C@@H](CCCCCC)OC)cc3)ccc2c1. The summed E-state index contributed by atoms with van der Waals surface area (Å²) in [5, 5.41) is 2.47. The van der Waals surface area contributed by atoms with Crippen LogP contribution >= 0.6 is 0 Å². The number of hydrogen-bond acceptors (Lipinski definition) is 3. The third-order valence-corrected chi connectivity index (χ3v) is 7.48. The number of rotatable bonds is 19. The fourth-order valence-corrected chi connectivity index (χ4v) is 5.01. The number of aryl methyl sites for hydroxylation is 2. The third kappa shape index (κ3) is 9.91. The molecule has 0 radical (unpaired) electrons. The molecule has 0 amide bonds. The van der Waals surface area contributed by atoms with Crippen LogP contribution in [0, 0.1) is 0 Å². The summed E-state index contributed by atoms with van der Waals surface area (Å²) < 4.78 is 11.5. The first-order valence-electron chi connectivity index (χ1n) is 15.0. The predicted octanol–water partition coefficient (Wildman–Crippen LogP) is 9.53. The van der Waals surface area contributed by atoms with Crippen LogP contribution < -0.4 is 4.74 Å². The second-order valence-corrected chi connectivity index (χ2v) is 10.6. The van der Waals surface area contributed by atoms with Gasteiger partial charge in [-0.2, -0.15) is 0 Å². The molecule has 0 saturated heterocycles. The van der Waals surface area contributed by atoms with E-state index in [1.54, 1.807) is 7.11 Å². The second-order valence-electron chi connectivity index (χ2n) is 10.6. The van der Waals surface area contributed by atoms with Gasteiger partial charge in [0.15, 0.2) is 5.78 Å². The molecule has 0 N–H and O–H groups in total. The average Bonchev–Trinajstić information content (AvgIpc) is 2.95. The molecule has 0 aliphatic heterocycles. The van der Waals surface area contributed by atoms with Crippen LogP contribution in [0.1, 0.15) is 106 Å². The van der Waals surface area contributed by atoms with Gasteiger partial charge >= 0.3 is 0 Å². The Bertz CT molecular complexity index is 1090. The molecule has 3 nitrogen and oxygen atoms in total. The number of Topliss-reactive ketones (excluding diaryl/α,β-unsaturated/α-hetero) is 1. The Hall–Kier alpha value is -2.65. The lowest BCUT2D eigenvalue weighted by Crippen LogP contribution is -2.23. The van der Waals surface area contributed by atoms with Crippen molar-refractivity contribution in [2.45, 2.75) is 103 Å². The largest absolute Gasteiger partial charge is 0.494 e. The van der Waals surface area contributed by atoms with E-state index in [2.05, 4.69) is 62.4 Å². The third-order valence-electron chi connectivity index (χ3n) is 7.48. The number of ether oxygens (including phenoxy) is 2. The summed E-state index contributed by atoms with van der Waals surface area (Å²) >= 11 is 0. The molecule has 3 rings (SSSR count). The zero-order valence-corrected chi connectivity index (χ0v) is 24.0. The van der Waals surface area contributed by atoms with Crippen molar-refractivity contribution in [3.8, 4) is 5.75 Å². The van der Waals surface area contributed by atoms with Crippen molar-refractivity contribution in [1.29, 1.82) is 0 Å². The van der Waals surface area contributed by atoms with Crippen LogP contribution in [-0.2, 0) is 17.6 Å². The molecule has 0 heterocycles. The van der Waals surface area contributed by atoms with Crippen molar-refractivity contribution in [2.75, 3.05) is 13.7 Å². The summed E-state index contributed by atoms with van der Waals surface area (Å²) in [5.74, 6) is 1.06. The maximum Gasteiger partial charge on any atom is 0.191 e. The molecule has 206 valence electrons. The van der Waals surface area contributed by atoms with E-state index in [9.17, 15) is 4.79 Å². The first-order valence-corrected chi connectivity index (χ1v) is 15.0. The number of unbranched alkanes of at least 4 members (excludes halogenated alkanes) is 8. The molecule has 0 aromatic heterocycles. The zero-order chi connectivity index (χ0) is 27.0. The summed E-state index contributed by atoms with van der Waals surface area (Å²) in [4.78, 5) is 12.9. The molecule has 0 bridgehead atoms. The Labute approximate surface area is 230 Å². The fourth-order valence-electron chi connectivity index (χ4n) is 5.01. The zero-order valence-electron chi connectivity index (χ0n) is 24.0. The summed E-state index contributed by atoms with van der Waals surface area (Å²) in [5.41, 5.74) is 3.32. The number of hydrogen-bond donors (Lipinski definition) is 0. The lowest BCUT2D eigenvalue weighted by Gasteiger charge is -2.14. The Morgan fingerprint density at radius 3 is 2.03 bits per heavy atom. The minimum Gasteiger partial charge on any atom is -0.494 e. The Morgan fingerprint density at radius 2 is 1.29 bits per heavy atom. The molecule has 3 heteroatoms. The molecular weight excluding hydrogens is 468 g/mol. The molecule has 1 atom stereocenters. The molecule has 3 aromatic rings. The predicted molar refractivity (Wildman–Crippen MR) is 161 cm³/mol. The Morgan fingerprint density at radius 1 is 0.684 bits per heavy atom. The average molecular weight is 517 g/mol. The van der Waals surface area contributed by atoms with E-state index in [0.717, 1.165) is 56.4 Å². The molecule has 0 unspecified atom stereocenters. The van der Waals surface area contributed by atoms with E-state index in [4.69, 9.17) is 9.47 Å². The van der Waals surface area contributed by atoms with E-state index in [1.807, 2.05) is 12.1 Å². The normalized spacial score (nSPS) is 12.1. The number of carbonyl (C=O) groups is 1. The number of benzene rings is 3. The molecule has 0 fully saturated rings. The molecule has 0 aliphatic carbocycles. The van der Waals surface area contributed by atoms with E-state index in [-0.39, 0.29) is 11.9 Å². The maximum absolute atomic E-state index is 12.9. The number of fused-ring (bicyclic) bond motifs is 1. The van der Waals surface area contributed by atoms with Crippen molar-refractivity contribution < 1.29 is 14.3 Å². The lowest BCUT2D eigenvalue weighted by molar-refractivity contribution is 0.0573. The summed E-state index contributed by atoms with van der Waals surface area (Å²) in [7, 11) is 1.64. The van der Waals surface area contributed by atoms with Gasteiger partial charge in [-0.25, -0.2) is 0 Å². The molecule has 3 aromatic carbocycles. The van der Waals surface area contributed by atoms with Crippen molar-refractivity contribution in [2.24, 2.45) is 0 Å². The molecule has 38 heavy (non-hydrogen) atoms. The first-order chi connectivity index (χ1) is 18.6. The van der Waals surface area contributed by atoms with Gasteiger partial charge in [-0.1, -0.05) is 120 Å². The van der Waals surface area contributed by atoms with Crippen molar-refractivity contribution in [3.63, 3.8) is 0 Å². The summed E-state index contributed by atoms with van der Waals surface area (Å²) in [6.07, 6.45) is 14.7. The van der Waals surface area contributed by atoms with Gasteiger partial charge in [0.2, 0.25) is 0 Å². The standard InChI is InChI=1S/C35H48O3/c1-4-6-8-10-11-13-25-38-33-24-23-31-26-29(19-22-32(31)27-33)16-15-28-17-20-30(21-18-28)35(36)34(37-3)14-12-9-7-5-2/h17-24,26-27,34H,4-16,25H2,1-3H3/t34-/m1/s1. The minimum atomic E-state index is -0.336. The van der Waals surface area contributed by atoms with Gasteiger partial charge in [0.1, 0.15) is 11.9 Å². The van der Waals surface area contributed by atoms with Gasteiger partial charge in [0, 0.05) is 12.7 Å².